The Morgan fingerprint density at radius 3 is 2.35 bits per heavy atom. The van der Waals surface area contributed by atoms with E-state index >= 15 is 0 Å². The monoisotopic (exact) mass is 550 g/mol. The number of hydrogen-bond donors (Lipinski definition) is 2. The van der Waals surface area contributed by atoms with Gasteiger partial charge in [0.05, 0.1) is 21.6 Å². The molecule has 0 unspecified atom stereocenters. The first-order chi connectivity index (χ1) is 17.2. The van der Waals surface area contributed by atoms with Gasteiger partial charge in [0.15, 0.2) is 15.7 Å². The first-order valence-corrected chi connectivity index (χ1v) is 14.5. The van der Waals surface area contributed by atoms with E-state index in [1.54, 1.807) is 19.1 Å². The van der Waals surface area contributed by atoms with E-state index in [1.165, 1.54) is 44.2 Å². The summed E-state index contributed by atoms with van der Waals surface area (Å²) in [5.41, 5.74) is 0.469. The fourth-order valence-corrected chi connectivity index (χ4v) is 5.38. The third-order valence-electron chi connectivity index (χ3n) is 5.73. The SMILES string of the molecule is Cc1ccc(NC(=O)[C@@H](C)n2ncc(F)c(C)c2=O)cc1S(=O)(=O)NCCc1ccc(S(C)(=O)=O)cc1. The van der Waals surface area contributed by atoms with Crippen molar-refractivity contribution in [2.45, 2.75) is 43.0 Å². The summed E-state index contributed by atoms with van der Waals surface area (Å²) < 4.78 is 65.9. The van der Waals surface area contributed by atoms with Gasteiger partial charge >= 0.3 is 0 Å². The van der Waals surface area contributed by atoms with Crippen LogP contribution in [-0.4, -0.2) is 45.3 Å². The van der Waals surface area contributed by atoms with Crippen LogP contribution in [0.2, 0.25) is 0 Å². The molecule has 0 aliphatic heterocycles. The van der Waals surface area contributed by atoms with Crippen molar-refractivity contribution in [2.75, 3.05) is 18.1 Å². The zero-order chi connectivity index (χ0) is 27.5. The van der Waals surface area contributed by atoms with Crippen LogP contribution in [0, 0.1) is 19.7 Å². The van der Waals surface area contributed by atoms with Gasteiger partial charge in [0, 0.05) is 18.5 Å². The molecule has 13 heteroatoms. The van der Waals surface area contributed by atoms with Crippen LogP contribution in [0.3, 0.4) is 0 Å². The standard InChI is InChI=1S/C24H27FN4O6S2/c1-15-5-8-19(28-23(30)17(3)29-24(31)16(2)21(25)14-26-29)13-22(15)37(34,35)27-12-11-18-6-9-20(10-7-18)36(4,32)33/h5-10,13-14,17,27H,11-12H2,1-4H3,(H,28,30)/t17-/m1/s1. The fraction of sp³-hybridized carbons (Fsp3) is 0.292. The number of anilines is 1. The number of aromatic nitrogens is 2. The Balaban J connectivity index is 1.71. The van der Waals surface area contributed by atoms with Gasteiger partial charge in [-0.1, -0.05) is 18.2 Å². The lowest BCUT2D eigenvalue weighted by Crippen LogP contribution is -2.35. The Labute approximate surface area is 214 Å². The molecule has 1 atom stereocenters. The second-order valence-corrected chi connectivity index (χ2v) is 12.3. The molecule has 2 aromatic carbocycles. The van der Waals surface area contributed by atoms with E-state index in [0.717, 1.165) is 22.7 Å². The molecule has 0 saturated carbocycles. The van der Waals surface area contributed by atoms with Gasteiger partial charge in [0.1, 0.15) is 6.04 Å². The van der Waals surface area contributed by atoms with Crippen LogP contribution < -0.4 is 15.6 Å². The Morgan fingerprint density at radius 2 is 1.73 bits per heavy atom. The molecule has 37 heavy (non-hydrogen) atoms. The number of nitrogens with one attached hydrogen (secondary N) is 2. The van der Waals surface area contributed by atoms with E-state index < -0.39 is 43.2 Å². The molecule has 3 aromatic rings. The number of carbonyl (C=O) groups excluding carboxylic acids is 1. The summed E-state index contributed by atoms with van der Waals surface area (Å²) in [6.45, 7) is 4.37. The lowest BCUT2D eigenvalue weighted by molar-refractivity contribution is -0.119. The smallest absolute Gasteiger partial charge is 0.273 e. The number of benzene rings is 2. The molecule has 0 aliphatic rings. The number of sulfonamides is 1. The molecule has 2 N–H and O–H groups in total. The number of halogens is 1. The normalized spacial score (nSPS) is 12.8. The number of hydrogen-bond acceptors (Lipinski definition) is 7. The van der Waals surface area contributed by atoms with E-state index in [1.807, 2.05) is 0 Å². The van der Waals surface area contributed by atoms with Crippen molar-refractivity contribution in [1.29, 1.82) is 0 Å². The number of carbonyl (C=O) groups is 1. The minimum Gasteiger partial charge on any atom is -0.324 e. The van der Waals surface area contributed by atoms with Gasteiger partial charge in [0.25, 0.3) is 5.56 Å². The molecule has 198 valence electrons. The van der Waals surface area contributed by atoms with Gasteiger partial charge in [-0.3, -0.25) is 9.59 Å². The largest absolute Gasteiger partial charge is 0.324 e. The topological polar surface area (TPSA) is 144 Å². The van der Waals surface area contributed by atoms with Crippen molar-refractivity contribution in [1.82, 2.24) is 14.5 Å². The highest BCUT2D eigenvalue weighted by Gasteiger charge is 2.22. The molecular formula is C24H27FN4O6S2. The van der Waals surface area contributed by atoms with Gasteiger partial charge in [0.2, 0.25) is 15.9 Å². The zero-order valence-electron chi connectivity index (χ0n) is 20.6. The molecule has 0 bridgehead atoms. The fourth-order valence-electron chi connectivity index (χ4n) is 3.45. The maximum Gasteiger partial charge on any atom is 0.273 e. The predicted octanol–water partition coefficient (Wildman–Crippen LogP) is 2.12. The lowest BCUT2D eigenvalue weighted by Gasteiger charge is -2.16. The van der Waals surface area contributed by atoms with Crippen LogP contribution >= 0.6 is 0 Å². The molecule has 1 amide bonds. The molecule has 1 heterocycles. The second kappa shape index (κ2) is 10.9. The summed E-state index contributed by atoms with van der Waals surface area (Å²) in [6, 6.07) is 9.45. The molecule has 0 aliphatic carbocycles. The number of rotatable bonds is 9. The first kappa shape index (κ1) is 28.2. The molecule has 10 nitrogen and oxygen atoms in total. The quantitative estimate of drug-likeness (QED) is 0.415. The van der Waals surface area contributed by atoms with Gasteiger partial charge < -0.3 is 5.32 Å². The number of aryl methyl sites for hydroxylation is 1. The van der Waals surface area contributed by atoms with E-state index in [4.69, 9.17) is 0 Å². The number of amides is 1. The second-order valence-electron chi connectivity index (χ2n) is 8.58. The van der Waals surface area contributed by atoms with Crippen molar-refractivity contribution in [2.24, 2.45) is 0 Å². The van der Waals surface area contributed by atoms with Crippen LogP contribution in [0.5, 0.6) is 0 Å². The van der Waals surface area contributed by atoms with Crippen molar-refractivity contribution in [3.63, 3.8) is 0 Å². The minimum absolute atomic E-state index is 0.0432. The summed E-state index contributed by atoms with van der Waals surface area (Å²) >= 11 is 0. The van der Waals surface area contributed by atoms with Crippen molar-refractivity contribution in [3.8, 4) is 0 Å². The van der Waals surface area contributed by atoms with E-state index in [9.17, 15) is 30.8 Å². The highest BCUT2D eigenvalue weighted by molar-refractivity contribution is 7.90. The molecule has 1 aromatic heterocycles. The molecular weight excluding hydrogens is 523 g/mol. The van der Waals surface area contributed by atoms with E-state index in [2.05, 4.69) is 15.1 Å². The molecule has 0 fully saturated rings. The summed E-state index contributed by atoms with van der Waals surface area (Å²) in [6.07, 6.45) is 2.29. The van der Waals surface area contributed by atoms with Crippen LogP contribution in [0.25, 0.3) is 0 Å². The van der Waals surface area contributed by atoms with E-state index in [0.29, 0.717) is 12.0 Å². The molecule has 0 spiro atoms. The number of nitrogens with zero attached hydrogens (tertiary/aromatic N) is 2. The van der Waals surface area contributed by atoms with Crippen molar-refractivity contribution < 1.29 is 26.0 Å². The summed E-state index contributed by atoms with van der Waals surface area (Å²) in [5.74, 6) is -1.42. The summed E-state index contributed by atoms with van der Waals surface area (Å²) in [5, 5.41) is 6.25. The van der Waals surface area contributed by atoms with Crippen LogP contribution in [0.1, 0.15) is 29.7 Å². The molecule has 3 rings (SSSR count). The predicted molar refractivity (Wildman–Crippen MR) is 136 cm³/mol. The Morgan fingerprint density at radius 1 is 1.08 bits per heavy atom. The Hall–Kier alpha value is -3.42. The van der Waals surface area contributed by atoms with E-state index in [-0.39, 0.29) is 27.6 Å². The molecule has 0 radical (unpaired) electrons. The average Bonchev–Trinajstić information content (AvgIpc) is 2.83. The maximum absolute atomic E-state index is 13.5. The van der Waals surface area contributed by atoms with Crippen LogP contribution in [-0.2, 0) is 31.1 Å². The highest BCUT2D eigenvalue weighted by Crippen LogP contribution is 2.21. The van der Waals surface area contributed by atoms with Crippen molar-refractivity contribution >= 4 is 31.5 Å². The third kappa shape index (κ3) is 6.67. The Kier molecular flexibility index (Phi) is 8.30. The van der Waals surface area contributed by atoms with Crippen LogP contribution in [0.4, 0.5) is 10.1 Å². The maximum atomic E-state index is 13.5. The molecule has 0 saturated heterocycles. The van der Waals surface area contributed by atoms with Crippen LogP contribution in [0.15, 0.2) is 63.2 Å². The average molecular weight is 551 g/mol. The number of sulfone groups is 1. The van der Waals surface area contributed by atoms with Gasteiger partial charge in [-0.25, -0.2) is 30.6 Å². The lowest BCUT2D eigenvalue weighted by atomic mass is 10.2. The van der Waals surface area contributed by atoms with Crippen molar-refractivity contribution in [3.05, 3.63) is 81.5 Å². The van der Waals surface area contributed by atoms with Gasteiger partial charge in [-0.05, 0) is 62.6 Å². The van der Waals surface area contributed by atoms with Gasteiger partial charge in [-0.15, -0.1) is 0 Å². The minimum atomic E-state index is -3.95. The highest BCUT2D eigenvalue weighted by atomic mass is 32.2. The Bertz CT molecular complexity index is 1600. The first-order valence-electron chi connectivity index (χ1n) is 11.1. The summed E-state index contributed by atoms with van der Waals surface area (Å²) in [4.78, 5) is 25.1. The summed E-state index contributed by atoms with van der Waals surface area (Å²) in [7, 11) is -7.27. The van der Waals surface area contributed by atoms with Gasteiger partial charge in [-0.2, -0.15) is 5.10 Å². The third-order valence-corrected chi connectivity index (χ3v) is 8.46. The zero-order valence-corrected chi connectivity index (χ0v) is 22.3.